The van der Waals surface area contributed by atoms with Crippen LogP contribution in [0.1, 0.15) is 42.0 Å². The number of rotatable bonds is 4. The Hall–Kier alpha value is -2.57. The Balaban J connectivity index is 1.53. The molecule has 5 nitrogen and oxygen atoms in total. The molecule has 0 radical (unpaired) electrons. The van der Waals surface area contributed by atoms with Crippen molar-refractivity contribution in [3.8, 4) is 0 Å². The lowest BCUT2D eigenvalue weighted by Crippen LogP contribution is -2.31. The fourth-order valence-corrected chi connectivity index (χ4v) is 5.25. The Morgan fingerprint density at radius 1 is 1.17 bits per heavy atom. The third kappa shape index (κ3) is 3.44. The fourth-order valence-electron chi connectivity index (χ4n) is 4.14. The van der Waals surface area contributed by atoms with Crippen LogP contribution in [0.15, 0.2) is 65.0 Å². The van der Waals surface area contributed by atoms with Crippen LogP contribution < -0.4 is 5.32 Å². The number of halogens is 1. The second-order valence-corrected chi connectivity index (χ2v) is 8.95. The summed E-state index contributed by atoms with van der Waals surface area (Å²) < 4.78 is 1.87. The normalized spacial score (nSPS) is 18.1. The second kappa shape index (κ2) is 7.93. The molecule has 5 rings (SSSR count). The average molecular weight is 437 g/mol. The van der Waals surface area contributed by atoms with E-state index in [-0.39, 0.29) is 11.8 Å². The number of carbonyl (C=O) groups is 1. The van der Waals surface area contributed by atoms with Crippen LogP contribution >= 0.6 is 23.4 Å². The number of hydrogen-bond acceptors (Lipinski definition) is 5. The molecule has 0 spiro atoms. The van der Waals surface area contributed by atoms with Crippen LogP contribution in [0.2, 0.25) is 5.02 Å². The Bertz CT molecular complexity index is 1170. The number of hydrogen-bond donors (Lipinski definition) is 1. The minimum Gasteiger partial charge on any atom is -0.328 e. The Kier molecular flexibility index (Phi) is 5.13. The van der Waals surface area contributed by atoms with Gasteiger partial charge in [-0.1, -0.05) is 65.8 Å². The van der Waals surface area contributed by atoms with Crippen LogP contribution in [0.5, 0.6) is 0 Å². The Labute approximate surface area is 184 Å². The number of allylic oxidation sites excluding steroid dienone is 2. The molecule has 0 bridgehead atoms. The number of carbonyl (C=O) groups excluding carboxylic acids is 1. The highest BCUT2D eigenvalue weighted by atomic mass is 35.5. The summed E-state index contributed by atoms with van der Waals surface area (Å²) in [4.78, 5) is 17.6. The Morgan fingerprint density at radius 2 is 1.97 bits per heavy atom. The van der Waals surface area contributed by atoms with Gasteiger partial charge in [0.2, 0.25) is 11.1 Å². The molecular formula is C23H21ClN4OS. The van der Waals surface area contributed by atoms with Crippen LogP contribution in [0, 0.1) is 6.92 Å². The summed E-state index contributed by atoms with van der Waals surface area (Å²) in [5.74, 6) is 1.58. The number of aryl methyl sites for hydroxylation is 1. The van der Waals surface area contributed by atoms with Crippen molar-refractivity contribution in [1.29, 1.82) is 0 Å². The molecule has 7 heteroatoms. The zero-order valence-electron chi connectivity index (χ0n) is 16.6. The maximum Gasteiger partial charge on any atom is 0.227 e. The highest BCUT2D eigenvalue weighted by Gasteiger charge is 2.37. The third-order valence-electron chi connectivity index (χ3n) is 5.65. The first-order valence-electron chi connectivity index (χ1n) is 10.0. The SMILES string of the molecule is Cc1ccccc1C1C2=C(CCCC2=O)Nc2nc(SCc3ccccc3Cl)nn21. The molecule has 2 aromatic carbocycles. The Morgan fingerprint density at radius 3 is 2.80 bits per heavy atom. The van der Waals surface area contributed by atoms with Gasteiger partial charge >= 0.3 is 0 Å². The number of nitrogens with one attached hydrogen (secondary N) is 1. The van der Waals surface area contributed by atoms with Gasteiger partial charge in [0, 0.05) is 28.5 Å². The molecule has 1 aromatic heterocycles. The first-order chi connectivity index (χ1) is 14.6. The topological polar surface area (TPSA) is 59.8 Å². The van der Waals surface area contributed by atoms with Crippen LogP contribution in [0.25, 0.3) is 0 Å². The summed E-state index contributed by atoms with van der Waals surface area (Å²) in [6.07, 6.45) is 2.31. The molecule has 152 valence electrons. The second-order valence-electron chi connectivity index (χ2n) is 7.60. The molecule has 0 saturated carbocycles. The molecule has 1 unspecified atom stereocenters. The smallest absolute Gasteiger partial charge is 0.227 e. The molecule has 0 saturated heterocycles. The lowest BCUT2D eigenvalue weighted by molar-refractivity contribution is -0.116. The van der Waals surface area contributed by atoms with E-state index >= 15 is 0 Å². The van der Waals surface area contributed by atoms with E-state index in [0.717, 1.165) is 45.8 Å². The standard InChI is InChI=1S/C23H21ClN4OS/c1-14-7-2-4-9-16(14)21-20-18(11-6-12-19(20)29)25-22-26-23(27-28(21)22)30-13-15-8-3-5-10-17(15)24/h2-5,7-10,21H,6,11-13H2,1H3,(H,25,26,27). The van der Waals surface area contributed by atoms with Crippen molar-refractivity contribution in [3.63, 3.8) is 0 Å². The molecule has 1 N–H and O–H groups in total. The molecule has 2 aliphatic rings. The molecule has 0 amide bonds. The van der Waals surface area contributed by atoms with Gasteiger partial charge in [-0.25, -0.2) is 4.68 Å². The van der Waals surface area contributed by atoms with Gasteiger partial charge in [0.05, 0.1) is 0 Å². The quantitative estimate of drug-likeness (QED) is 0.543. The van der Waals surface area contributed by atoms with Gasteiger partial charge in [0.15, 0.2) is 5.78 Å². The van der Waals surface area contributed by atoms with Crippen molar-refractivity contribution in [2.75, 3.05) is 5.32 Å². The van der Waals surface area contributed by atoms with Gasteiger partial charge in [0.1, 0.15) is 6.04 Å². The van der Waals surface area contributed by atoms with Crippen molar-refractivity contribution in [1.82, 2.24) is 14.8 Å². The number of Topliss-reactive ketones (excluding diaryl/α,β-unsaturated/α-hetero) is 1. The molecule has 1 aliphatic carbocycles. The van der Waals surface area contributed by atoms with Gasteiger partial charge in [-0.05, 0) is 42.5 Å². The van der Waals surface area contributed by atoms with Gasteiger partial charge in [-0.2, -0.15) is 4.98 Å². The fraction of sp³-hybridized carbons (Fsp3) is 0.261. The lowest BCUT2D eigenvalue weighted by atomic mass is 9.84. The largest absolute Gasteiger partial charge is 0.328 e. The van der Waals surface area contributed by atoms with Gasteiger partial charge in [0.25, 0.3) is 0 Å². The first kappa shape index (κ1) is 19.4. The summed E-state index contributed by atoms with van der Waals surface area (Å²) in [5, 5.41) is 9.60. The van der Waals surface area contributed by atoms with Crippen LogP contribution in [0.4, 0.5) is 5.95 Å². The summed E-state index contributed by atoms with van der Waals surface area (Å²) in [5.41, 5.74) is 5.10. The van der Waals surface area contributed by atoms with E-state index in [9.17, 15) is 4.79 Å². The minimum atomic E-state index is -0.243. The average Bonchev–Trinajstić information content (AvgIpc) is 3.15. The molecule has 3 aromatic rings. The van der Waals surface area contributed by atoms with Crippen molar-refractivity contribution in [2.24, 2.45) is 0 Å². The van der Waals surface area contributed by atoms with Crippen molar-refractivity contribution in [2.45, 2.75) is 43.1 Å². The van der Waals surface area contributed by atoms with E-state index < -0.39 is 0 Å². The van der Waals surface area contributed by atoms with E-state index in [0.29, 0.717) is 23.3 Å². The summed E-state index contributed by atoms with van der Waals surface area (Å²) in [6.45, 7) is 2.08. The van der Waals surface area contributed by atoms with Crippen molar-refractivity contribution >= 4 is 35.1 Å². The zero-order chi connectivity index (χ0) is 20.7. The number of fused-ring (bicyclic) bond motifs is 1. The van der Waals surface area contributed by atoms with Gasteiger partial charge < -0.3 is 5.32 Å². The predicted molar refractivity (Wildman–Crippen MR) is 120 cm³/mol. The lowest BCUT2D eigenvalue weighted by Gasteiger charge is -2.32. The number of anilines is 1. The van der Waals surface area contributed by atoms with E-state index in [1.165, 1.54) is 0 Å². The maximum atomic E-state index is 12.9. The zero-order valence-corrected chi connectivity index (χ0v) is 18.1. The molecule has 0 fully saturated rings. The minimum absolute atomic E-state index is 0.198. The summed E-state index contributed by atoms with van der Waals surface area (Å²) >= 11 is 7.84. The van der Waals surface area contributed by atoms with Crippen LogP contribution in [-0.4, -0.2) is 20.5 Å². The monoisotopic (exact) mass is 436 g/mol. The highest BCUT2D eigenvalue weighted by Crippen LogP contribution is 2.41. The van der Waals surface area contributed by atoms with Crippen molar-refractivity contribution < 1.29 is 4.79 Å². The van der Waals surface area contributed by atoms with Gasteiger partial charge in [-0.3, -0.25) is 4.79 Å². The number of ketones is 1. The van der Waals surface area contributed by atoms with Crippen molar-refractivity contribution in [3.05, 3.63) is 81.5 Å². The number of thioether (sulfide) groups is 1. The summed E-state index contributed by atoms with van der Waals surface area (Å²) in [7, 11) is 0. The van der Waals surface area contributed by atoms with E-state index in [1.807, 2.05) is 41.1 Å². The van der Waals surface area contributed by atoms with E-state index in [2.05, 4.69) is 24.4 Å². The van der Waals surface area contributed by atoms with Crippen LogP contribution in [0.3, 0.4) is 0 Å². The van der Waals surface area contributed by atoms with E-state index in [1.54, 1.807) is 11.8 Å². The molecule has 30 heavy (non-hydrogen) atoms. The highest BCUT2D eigenvalue weighted by molar-refractivity contribution is 7.98. The molecule has 1 atom stereocenters. The number of nitrogens with zero attached hydrogens (tertiary/aromatic N) is 3. The summed E-state index contributed by atoms with van der Waals surface area (Å²) in [6, 6.07) is 15.8. The third-order valence-corrected chi connectivity index (χ3v) is 6.90. The first-order valence-corrected chi connectivity index (χ1v) is 11.4. The van der Waals surface area contributed by atoms with Crippen LogP contribution in [-0.2, 0) is 10.5 Å². The van der Waals surface area contributed by atoms with E-state index in [4.69, 9.17) is 21.7 Å². The number of benzene rings is 2. The number of aromatic nitrogens is 3. The molecular weight excluding hydrogens is 416 g/mol. The maximum absolute atomic E-state index is 12.9. The molecule has 2 heterocycles. The predicted octanol–water partition coefficient (Wildman–Crippen LogP) is 5.55. The molecule has 1 aliphatic heterocycles. The van der Waals surface area contributed by atoms with Gasteiger partial charge in [-0.15, -0.1) is 5.10 Å².